The van der Waals surface area contributed by atoms with Crippen molar-refractivity contribution in [2.75, 3.05) is 19.8 Å². The minimum Gasteiger partial charge on any atom is -0.490 e. The summed E-state index contributed by atoms with van der Waals surface area (Å²) in [4.78, 5) is 0. The Bertz CT molecular complexity index is 331. The SMILES string of the molecule is Clc1cccc(Cl)c1OCCC1OCCO1. The van der Waals surface area contributed by atoms with Gasteiger partial charge in [-0.25, -0.2) is 0 Å². The van der Waals surface area contributed by atoms with Crippen molar-refractivity contribution in [3.8, 4) is 5.75 Å². The number of ether oxygens (including phenoxy) is 3. The van der Waals surface area contributed by atoms with E-state index in [4.69, 9.17) is 37.4 Å². The second kappa shape index (κ2) is 5.73. The van der Waals surface area contributed by atoms with Crippen molar-refractivity contribution in [2.45, 2.75) is 12.7 Å². The maximum Gasteiger partial charge on any atom is 0.161 e. The third kappa shape index (κ3) is 3.01. The topological polar surface area (TPSA) is 27.7 Å². The molecule has 2 rings (SSSR count). The Kier molecular flexibility index (Phi) is 4.29. The van der Waals surface area contributed by atoms with Gasteiger partial charge in [-0.15, -0.1) is 0 Å². The quantitative estimate of drug-likeness (QED) is 0.835. The number of halogens is 2. The van der Waals surface area contributed by atoms with E-state index in [1.165, 1.54) is 0 Å². The van der Waals surface area contributed by atoms with Crippen LogP contribution in [0.4, 0.5) is 0 Å². The lowest BCUT2D eigenvalue weighted by atomic mass is 10.3. The summed E-state index contributed by atoms with van der Waals surface area (Å²) in [7, 11) is 0. The minimum absolute atomic E-state index is 0.165. The van der Waals surface area contributed by atoms with Crippen molar-refractivity contribution < 1.29 is 14.2 Å². The van der Waals surface area contributed by atoms with Gasteiger partial charge in [-0.3, -0.25) is 0 Å². The molecule has 0 radical (unpaired) electrons. The molecule has 16 heavy (non-hydrogen) atoms. The summed E-state index contributed by atoms with van der Waals surface area (Å²) < 4.78 is 16.1. The van der Waals surface area contributed by atoms with E-state index in [-0.39, 0.29) is 6.29 Å². The first-order valence-corrected chi connectivity index (χ1v) is 5.83. The van der Waals surface area contributed by atoms with Crippen LogP contribution in [0.2, 0.25) is 10.0 Å². The van der Waals surface area contributed by atoms with Gasteiger partial charge in [0, 0.05) is 6.42 Å². The van der Waals surface area contributed by atoms with Gasteiger partial charge < -0.3 is 14.2 Å². The molecule has 1 aliphatic heterocycles. The molecule has 0 amide bonds. The molecule has 0 saturated carbocycles. The largest absolute Gasteiger partial charge is 0.490 e. The summed E-state index contributed by atoms with van der Waals surface area (Å²) in [6, 6.07) is 5.26. The fourth-order valence-corrected chi connectivity index (χ4v) is 1.96. The molecule has 1 saturated heterocycles. The second-order valence-electron chi connectivity index (χ2n) is 3.36. The fourth-order valence-electron chi connectivity index (χ4n) is 1.45. The molecule has 1 aromatic carbocycles. The van der Waals surface area contributed by atoms with Gasteiger partial charge in [0.25, 0.3) is 0 Å². The molecule has 0 bridgehead atoms. The van der Waals surface area contributed by atoms with Crippen molar-refractivity contribution in [1.29, 1.82) is 0 Å². The third-order valence-corrected chi connectivity index (χ3v) is 2.80. The molecule has 1 aliphatic rings. The highest BCUT2D eigenvalue weighted by molar-refractivity contribution is 6.37. The summed E-state index contributed by atoms with van der Waals surface area (Å²) in [5, 5.41) is 1.03. The average molecular weight is 263 g/mol. The Hall–Kier alpha value is -0.480. The second-order valence-corrected chi connectivity index (χ2v) is 4.17. The van der Waals surface area contributed by atoms with Crippen LogP contribution in [-0.2, 0) is 9.47 Å². The Balaban J connectivity index is 1.84. The van der Waals surface area contributed by atoms with Crippen molar-refractivity contribution in [3.05, 3.63) is 28.2 Å². The number of rotatable bonds is 4. The molecule has 0 aliphatic carbocycles. The minimum atomic E-state index is -0.165. The standard InChI is InChI=1S/C11H12Cl2O3/c12-8-2-1-3-9(13)11(8)16-5-4-10-14-6-7-15-10/h1-3,10H,4-7H2. The van der Waals surface area contributed by atoms with Crippen molar-refractivity contribution >= 4 is 23.2 Å². The van der Waals surface area contributed by atoms with Crippen LogP contribution in [0.5, 0.6) is 5.75 Å². The van der Waals surface area contributed by atoms with E-state index in [0.717, 1.165) is 0 Å². The van der Waals surface area contributed by atoms with Gasteiger partial charge in [-0.05, 0) is 12.1 Å². The van der Waals surface area contributed by atoms with E-state index >= 15 is 0 Å². The molecule has 88 valence electrons. The molecule has 0 N–H and O–H groups in total. The fraction of sp³-hybridized carbons (Fsp3) is 0.455. The normalized spacial score (nSPS) is 16.6. The zero-order valence-corrected chi connectivity index (χ0v) is 10.1. The summed E-state index contributed by atoms with van der Waals surface area (Å²) in [5.41, 5.74) is 0. The summed E-state index contributed by atoms with van der Waals surface area (Å²) in [6.07, 6.45) is 0.503. The van der Waals surface area contributed by atoms with Gasteiger partial charge >= 0.3 is 0 Å². The molecule has 1 heterocycles. The molecule has 1 fully saturated rings. The van der Waals surface area contributed by atoms with Crippen LogP contribution < -0.4 is 4.74 Å². The molecule has 0 unspecified atom stereocenters. The predicted octanol–water partition coefficient (Wildman–Crippen LogP) is 3.14. The van der Waals surface area contributed by atoms with E-state index in [2.05, 4.69) is 0 Å². The van der Waals surface area contributed by atoms with E-state index in [0.29, 0.717) is 42.0 Å². The predicted molar refractivity (Wildman–Crippen MR) is 62.3 cm³/mol. The highest BCUT2D eigenvalue weighted by atomic mass is 35.5. The van der Waals surface area contributed by atoms with Gasteiger partial charge in [0.2, 0.25) is 0 Å². The lowest BCUT2D eigenvalue weighted by molar-refractivity contribution is -0.0531. The first kappa shape index (κ1) is 12.0. The van der Waals surface area contributed by atoms with Crippen LogP contribution >= 0.6 is 23.2 Å². The lowest BCUT2D eigenvalue weighted by Gasteiger charge is -2.12. The van der Waals surface area contributed by atoms with Crippen molar-refractivity contribution in [2.24, 2.45) is 0 Å². The molecule has 0 spiro atoms. The zero-order valence-electron chi connectivity index (χ0n) is 8.62. The molecule has 3 nitrogen and oxygen atoms in total. The van der Waals surface area contributed by atoms with Crippen LogP contribution in [0.1, 0.15) is 6.42 Å². The first-order chi connectivity index (χ1) is 7.77. The Morgan fingerprint density at radius 2 is 1.81 bits per heavy atom. The Labute approximate surface area is 104 Å². The highest BCUT2D eigenvalue weighted by Gasteiger charge is 2.16. The van der Waals surface area contributed by atoms with Crippen molar-refractivity contribution in [1.82, 2.24) is 0 Å². The van der Waals surface area contributed by atoms with Gasteiger partial charge in [0.15, 0.2) is 12.0 Å². The molecular weight excluding hydrogens is 251 g/mol. The van der Waals surface area contributed by atoms with E-state index in [1.807, 2.05) is 0 Å². The maximum atomic E-state index is 5.95. The number of hydrogen-bond acceptors (Lipinski definition) is 3. The smallest absolute Gasteiger partial charge is 0.161 e. The van der Waals surface area contributed by atoms with Gasteiger partial charge in [-0.2, -0.15) is 0 Å². The molecular formula is C11H12Cl2O3. The molecule has 5 heteroatoms. The van der Waals surface area contributed by atoms with Crippen LogP contribution in [0.25, 0.3) is 0 Å². The Morgan fingerprint density at radius 3 is 2.44 bits per heavy atom. The van der Waals surface area contributed by atoms with Crippen LogP contribution in [0.3, 0.4) is 0 Å². The highest BCUT2D eigenvalue weighted by Crippen LogP contribution is 2.32. The van der Waals surface area contributed by atoms with Crippen LogP contribution in [-0.4, -0.2) is 26.1 Å². The monoisotopic (exact) mass is 262 g/mol. The molecule has 1 aromatic rings. The third-order valence-electron chi connectivity index (χ3n) is 2.21. The summed E-state index contributed by atoms with van der Waals surface area (Å²) in [6.45, 7) is 1.77. The molecule has 0 atom stereocenters. The lowest BCUT2D eigenvalue weighted by Crippen LogP contribution is -2.12. The summed E-state index contributed by atoms with van der Waals surface area (Å²) >= 11 is 11.9. The first-order valence-electron chi connectivity index (χ1n) is 5.07. The number of hydrogen-bond donors (Lipinski definition) is 0. The van der Waals surface area contributed by atoms with E-state index in [9.17, 15) is 0 Å². The van der Waals surface area contributed by atoms with Gasteiger partial charge in [0.1, 0.15) is 0 Å². The van der Waals surface area contributed by atoms with Gasteiger partial charge in [-0.1, -0.05) is 29.3 Å². The van der Waals surface area contributed by atoms with E-state index in [1.54, 1.807) is 18.2 Å². The Morgan fingerprint density at radius 1 is 1.19 bits per heavy atom. The summed E-state index contributed by atoms with van der Waals surface area (Å²) in [5.74, 6) is 0.517. The van der Waals surface area contributed by atoms with E-state index < -0.39 is 0 Å². The zero-order chi connectivity index (χ0) is 11.4. The van der Waals surface area contributed by atoms with Crippen LogP contribution in [0, 0.1) is 0 Å². The number of para-hydroxylation sites is 1. The maximum absolute atomic E-state index is 5.95. The van der Waals surface area contributed by atoms with Crippen molar-refractivity contribution in [3.63, 3.8) is 0 Å². The van der Waals surface area contributed by atoms with Gasteiger partial charge in [0.05, 0.1) is 29.9 Å². The molecule has 0 aromatic heterocycles. The average Bonchev–Trinajstić information content (AvgIpc) is 2.75. The number of benzene rings is 1. The van der Waals surface area contributed by atoms with Crippen LogP contribution in [0.15, 0.2) is 18.2 Å².